The molecule has 3 rings (SSSR count). The largest absolute Gasteiger partial charge is 0.381 e. The number of hydrogen-bond donors (Lipinski definition) is 0. The summed E-state index contributed by atoms with van der Waals surface area (Å²) < 4.78 is 31.0. The molecule has 0 N–H and O–H groups in total. The summed E-state index contributed by atoms with van der Waals surface area (Å²) in [5.74, 6) is 0.534. The van der Waals surface area contributed by atoms with Crippen molar-refractivity contribution < 1.29 is 18.3 Å². The van der Waals surface area contributed by atoms with Crippen LogP contribution >= 0.6 is 0 Å². The minimum atomic E-state index is -2.55. The molecule has 2 saturated heterocycles. The van der Waals surface area contributed by atoms with E-state index in [2.05, 4.69) is 4.90 Å². The van der Waals surface area contributed by atoms with Crippen LogP contribution in [-0.2, 0) is 4.74 Å². The Bertz CT molecular complexity index is 554. The maximum atomic E-state index is 12.8. The van der Waals surface area contributed by atoms with Gasteiger partial charge in [-0.15, -0.1) is 0 Å². The molecule has 0 aromatic heterocycles. The van der Waals surface area contributed by atoms with E-state index in [0.717, 1.165) is 45.7 Å². The molecule has 0 spiro atoms. The monoisotopic (exact) mass is 338 g/mol. The van der Waals surface area contributed by atoms with Crippen LogP contribution in [0.25, 0.3) is 0 Å². The Kier molecular flexibility index (Phi) is 5.79. The number of nitrogens with zero attached hydrogens (tertiary/aromatic N) is 2. The maximum Gasteiger partial charge on any atom is 0.263 e. The van der Waals surface area contributed by atoms with Gasteiger partial charge in [-0.25, -0.2) is 8.78 Å². The van der Waals surface area contributed by atoms with Gasteiger partial charge >= 0.3 is 0 Å². The molecule has 132 valence electrons. The summed E-state index contributed by atoms with van der Waals surface area (Å²) >= 11 is 0. The summed E-state index contributed by atoms with van der Waals surface area (Å²) in [5.41, 5.74) is 0.254. The van der Waals surface area contributed by atoms with Gasteiger partial charge in [0.2, 0.25) is 0 Å². The second-order valence-corrected chi connectivity index (χ2v) is 6.57. The summed E-state index contributed by atoms with van der Waals surface area (Å²) in [6.07, 6.45) is -0.326. The van der Waals surface area contributed by atoms with Crippen LogP contribution in [0.15, 0.2) is 24.3 Å². The topological polar surface area (TPSA) is 32.8 Å². The van der Waals surface area contributed by atoms with Crippen LogP contribution in [0.2, 0.25) is 0 Å². The number of carbonyl (C=O) groups is 1. The molecule has 0 radical (unpaired) electrons. The number of carbonyl (C=O) groups excluding carboxylic acids is 1. The van der Waals surface area contributed by atoms with E-state index in [1.165, 1.54) is 18.2 Å². The van der Waals surface area contributed by atoms with Crippen molar-refractivity contribution in [1.82, 2.24) is 9.80 Å². The van der Waals surface area contributed by atoms with Gasteiger partial charge in [0, 0.05) is 57.1 Å². The Labute approximate surface area is 141 Å². The van der Waals surface area contributed by atoms with E-state index in [9.17, 15) is 13.6 Å². The second kappa shape index (κ2) is 8.03. The fourth-order valence-electron chi connectivity index (χ4n) is 3.42. The number of piperazine rings is 1. The van der Waals surface area contributed by atoms with Gasteiger partial charge in [-0.3, -0.25) is 9.69 Å². The number of halogens is 2. The lowest BCUT2D eigenvalue weighted by molar-refractivity contribution is 0.0393. The van der Waals surface area contributed by atoms with E-state index < -0.39 is 6.43 Å². The van der Waals surface area contributed by atoms with Gasteiger partial charge in [-0.05, 0) is 30.9 Å². The van der Waals surface area contributed by atoms with Crippen molar-refractivity contribution in [2.45, 2.75) is 19.3 Å². The van der Waals surface area contributed by atoms with E-state index >= 15 is 0 Å². The fraction of sp³-hybridized carbons (Fsp3) is 0.611. The first-order valence-corrected chi connectivity index (χ1v) is 8.61. The van der Waals surface area contributed by atoms with Crippen LogP contribution in [0.1, 0.15) is 35.2 Å². The predicted molar refractivity (Wildman–Crippen MR) is 87.3 cm³/mol. The normalized spacial score (nSPS) is 20.5. The van der Waals surface area contributed by atoms with Crippen molar-refractivity contribution in [3.63, 3.8) is 0 Å². The molecular weight excluding hydrogens is 314 g/mol. The summed E-state index contributed by atoms with van der Waals surface area (Å²) in [6.45, 7) is 5.76. The molecule has 0 unspecified atom stereocenters. The van der Waals surface area contributed by atoms with Crippen molar-refractivity contribution in [1.29, 1.82) is 0 Å². The summed E-state index contributed by atoms with van der Waals surface area (Å²) in [5, 5.41) is 0. The maximum absolute atomic E-state index is 12.8. The smallest absolute Gasteiger partial charge is 0.263 e. The van der Waals surface area contributed by atoms with Crippen LogP contribution < -0.4 is 0 Å². The fourth-order valence-corrected chi connectivity index (χ4v) is 3.42. The molecule has 2 aliphatic rings. The summed E-state index contributed by atoms with van der Waals surface area (Å²) in [4.78, 5) is 16.7. The molecule has 1 aromatic carbocycles. The van der Waals surface area contributed by atoms with Crippen molar-refractivity contribution in [3.05, 3.63) is 35.4 Å². The van der Waals surface area contributed by atoms with Gasteiger partial charge in [-0.1, -0.05) is 12.1 Å². The Morgan fingerprint density at radius 3 is 2.54 bits per heavy atom. The second-order valence-electron chi connectivity index (χ2n) is 6.57. The number of ether oxygens (including phenoxy) is 1. The minimum Gasteiger partial charge on any atom is -0.381 e. The van der Waals surface area contributed by atoms with Gasteiger partial charge in [0.15, 0.2) is 0 Å². The zero-order valence-corrected chi connectivity index (χ0v) is 13.8. The van der Waals surface area contributed by atoms with E-state index in [1.54, 1.807) is 11.0 Å². The van der Waals surface area contributed by atoms with Gasteiger partial charge in [0.1, 0.15) is 0 Å². The number of hydrogen-bond acceptors (Lipinski definition) is 3. The highest BCUT2D eigenvalue weighted by molar-refractivity contribution is 5.94. The Hall–Kier alpha value is -1.53. The third-order valence-electron chi connectivity index (χ3n) is 4.90. The first-order chi connectivity index (χ1) is 11.6. The van der Waals surface area contributed by atoms with Gasteiger partial charge in [-0.2, -0.15) is 0 Å². The Balaban J connectivity index is 1.52. The van der Waals surface area contributed by atoms with Gasteiger partial charge in [0.25, 0.3) is 12.3 Å². The average molecular weight is 338 g/mol. The zero-order chi connectivity index (χ0) is 16.9. The minimum absolute atomic E-state index is 0.0981. The lowest BCUT2D eigenvalue weighted by atomic mass is 9.99. The number of amides is 1. The highest BCUT2D eigenvalue weighted by Crippen LogP contribution is 2.21. The van der Waals surface area contributed by atoms with Gasteiger partial charge < -0.3 is 9.64 Å². The molecule has 0 aliphatic carbocycles. The number of benzene rings is 1. The van der Waals surface area contributed by atoms with Crippen LogP contribution in [0.5, 0.6) is 0 Å². The van der Waals surface area contributed by atoms with E-state index in [4.69, 9.17) is 4.74 Å². The molecule has 4 nitrogen and oxygen atoms in total. The molecule has 0 atom stereocenters. The highest BCUT2D eigenvalue weighted by Gasteiger charge is 2.25. The Morgan fingerprint density at radius 1 is 1.17 bits per heavy atom. The third kappa shape index (κ3) is 4.30. The first kappa shape index (κ1) is 17.3. The van der Waals surface area contributed by atoms with Crippen molar-refractivity contribution in [2.75, 3.05) is 45.9 Å². The van der Waals surface area contributed by atoms with Crippen LogP contribution in [0.4, 0.5) is 8.78 Å². The first-order valence-electron chi connectivity index (χ1n) is 8.61. The molecule has 2 aliphatic heterocycles. The molecule has 1 aromatic rings. The molecule has 2 heterocycles. The molecule has 24 heavy (non-hydrogen) atoms. The molecule has 1 amide bonds. The van der Waals surface area contributed by atoms with Crippen LogP contribution in [0.3, 0.4) is 0 Å². The summed E-state index contributed by atoms with van der Waals surface area (Å²) in [7, 11) is 0. The molecule has 2 fully saturated rings. The average Bonchev–Trinajstić information content (AvgIpc) is 2.63. The third-order valence-corrected chi connectivity index (χ3v) is 4.90. The number of rotatable bonds is 4. The quantitative estimate of drug-likeness (QED) is 0.846. The van der Waals surface area contributed by atoms with E-state index in [0.29, 0.717) is 24.6 Å². The lowest BCUT2D eigenvalue weighted by Gasteiger charge is -2.37. The van der Waals surface area contributed by atoms with Crippen molar-refractivity contribution >= 4 is 5.91 Å². The zero-order valence-electron chi connectivity index (χ0n) is 13.8. The lowest BCUT2D eigenvalue weighted by Crippen LogP contribution is -2.50. The number of alkyl halides is 2. The van der Waals surface area contributed by atoms with Gasteiger partial charge in [0.05, 0.1) is 0 Å². The standard InChI is InChI=1S/C18H24F2N2O2/c19-17(20)15-2-1-3-16(12-15)18(23)22-8-6-21(7-9-22)13-14-4-10-24-11-5-14/h1-3,12,14,17H,4-11,13H2. The SMILES string of the molecule is O=C(c1cccc(C(F)F)c1)N1CCN(CC2CCOCC2)CC1. The Morgan fingerprint density at radius 2 is 1.88 bits per heavy atom. The summed E-state index contributed by atoms with van der Waals surface area (Å²) in [6, 6.07) is 5.80. The van der Waals surface area contributed by atoms with Crippen LogP contribution in [-0.4, -0.2) is 61.6 Å². The van der Waals surface area contributed by atoms with Crippen molar-refractivity contribution in [2.24, 2.45) is 5.92 Å². The van der Waals surface area contributed by atoms with E-state index in [-0.39, 0.29) is 11.5 Å². The van der Waals surface area contributed by atoms with Crippen LogP contribution in [0, 0.1) is 5.92 Å². The molecule has 0 bridgehead atoms. The van der Waals surface area contributed by atoms with E-state index in [1.807, 2.05) is 0 Å². The van der Waals surface area contributed by atoms with Crippen molar-refractivity contribution in [3.8, 4) is 0 Å². The molecule has 0 saturated carbocycles. The molecular formula is C18H24F2N2O2. The molecule has 6 heteroatoms. The highest BCUT2D eigenvalue weighted by atomic mass is 19.3. The predicted octanol–water partition coefficient (Wildman–Crippen LogP) is 2.81.